The number of unbranched alkanes of at least 4 members (excludes halogenated alkanes) is 1. The Morgan fingerprint density at radius 1 is 1.25 bits per heavy atom. The summed E-state index contributed by atoms with van der Waals surface area (Å²) in [7, 11) is 0. The molecule has 11 nitrogen and oxygen atoms in total. The van der Waals surface area contributed by atoms with Gasteiger partial charge in [-0.3, -0.25) is 10.1 Å². The van der Waals surface area contributed by atoms with E-state index in [0.29, 0.717) is 42.8 Å². The first kappa shape index (κ1) is 21.1. The number of hydrogen-bond acceptors (Lipinski definition) is 8. The summed E-state index contributed by atoms with van der Waals surface area (Å²) in [5.74, 6) is 6.19. The van der Waals surface area contributed by atoms with Crippen molar-refractivity contribution in [3.8, 4) is 0 Å². The van der Waals surface area contributed by atoms with Crippen LogP contribution in [0.5, 0.6) is 0 Å². The van der Waals surface area contributed by atoms with Crippen molar-refractivity contribution in [1.82, 2.24) is 14.9 Å². The second-order valence-corrected chi connectivity index (χ2v) is 7.23. The Labute approximate surface area is 162 Å². The van der Waals surface area contributed by atoms with Gasteiger partial charge in [0.05, 0.1) is 16.0 Å². The summed E-state index contributed by atoms with van der Waals surface area (Å²) in [4.78, 5) is 31.8. The number of nitrogens with one attached hydrogen (secondary N) is 2. The summed E-state index contributed by atoms with van der Waals surface area (Å²) in [6, 6.07) is 4.23. The molecular weight excluding hydrogens is 366 g/mol. The number of fused-ring (bicyclic) bond motifs is 1. The van der Waals surface area contributed by atoms with Gasteiger partial charge in [0.1, 0.15) is 0 Å². The van der Waals surface area contributed by atoms with Gasteiger partial charge in [0, 0.05) is 30.8 Å². The Kier molecular flexibility index (Phi) is 6.52. The van der Waals surface area contributed by atoms with Crippen LogP contribution in [0.1, 0.15) is 33.6 Å². The van der Waals surface area contributed by atoms with Crippen molar-refractivity contribution in [1.29, 1.82) is 0 Å². The summed E-state index contributed by atoms with van der Waals surface area (Å²) in [6.07, 6.45) is 0.448. The number of hydrogen-bond donors (Lipinski definition) is 4. The lowest BCUT2D eigenvalue weighted by Crippen LogP contribution is -2.45. The number of rotatable bonds is 8. The minimum absolute atomic E-state index is 0.0766. The Bertz CT molecular complexity index is 866. The summed E-state index contributed by atoms with van der Waals surface area (Å²) in [6.45, 7) is 6.53. The molecular formula is C17H25N7O4. The molecule has 0 saturated carbocycles. The zero-order chi connectivity index (χ0) is 20.9. The third-order valence-electron chi connectivity index (χ3n) is 4.14. The van der Waals surface area contributed by atoms with Crippen LogP contribution < -0.4 is 16.6 Å². The average Bonchev–Trinajstić information content (AvgIpc) is 2.61. The van der Waals surface area contributed by atoms with Gasteiger partial charge in [0.15, 0.2) is 11.6 Å². The van der Waals surface area contributed by atoms with Crippen LogP contribution >= 0.6 is 0 Å². The zero-order valence-electron chi connectivity index (χ0n) is 16.1. The smallest absolute Gasteiger partial charge is 0.407 e. The van der Waals surface area contributed by atoms with Gasteiger partial charge in [-0.15, -0.1) is 0 Å². The summed E-state index contributed by atoms with van der Waals surface area (Å²) in [5.41, 5.74) is 2.76. The fourth-order valence-corrected chi connectivity index (χ4v) is 2.70. The number of anilines is 2. The summed E-state index contributed by atoms with van der Waals surface area (Å²) < 4.78 is 0. The number of benzene rings is 1. The van der Waals surface area contributed by atoms with Crippen molar-refractivity contribution in [3.05, 3.63) is 28.3 Å². The highest BCUT2D eigenvalue weighted by Crippen LogP contribution is 2.24. The molecule has 2 aromatic rings. The Morgan fingerprint density at radius 2 is 1.93 bits per heavy atom. The van der Waals surface area contributed by atoms with Crippen molar-refractivity contribution in [2.45, 2.75) is 39.2 Å². The van der Waals surface area contributed by atoms with Gasteiger partial charge < -0.3 is 20.7 Å². The van der Waals surface area contributed by atoms with Gasteiger partial charge in [0.25, 0.3) is 5.69 Å². The number of hydrazine groups is 1. The molecule has 0 unspecified atom stereocenters. The number of nitro benzene ring substituents is 1. The predicted octanol–water partition coefficient (Wildman–Crippen LogP) is 2.79. The number of carboxylic acid groups (broad SMARTS) is 1. The van der Waals surface area contributed by atoms with Crippen molar-refractivity contribution in [2.75, 3.05) is 23.8 Å². The van der Waals surface area contributed by atoms with E-state index in [9.17, 15) is 20.0 Å². The molecule has 11 heteroatoms. The van der Waals surface area contributed by atoms with Crippen LogP contribution in [0.4, 0.5) is 22.1 Å². The molecule has 0 atom stereocenters. The highest BCUT2D eigenvalue weighted by molar-refractivity contribution is 5.82. The van der Waals surface area contributed by atoms with Crippen LogP contribution in [0.15, 0.2) is 18.2 Å². The number of nitrogens with two attached hydrogens (primary N) is 1. The second-order valence-electron chi connectivity index (χ2n) is 7.23. The normalized spacial score (nSPS) is 11.3. The fourth-order valence-electron chi connectivity index (χ4n) is 2.70. The maximum atomic E-state index is 11.3. The highest BCUT2D eigenvalue weighted by Gasteiger charge is 2.25. The van der Waals surface area contributed by atoms with Gasteiger partial charge in [0.2, 0.25) is 0 Å². The van der Waals surface area contributed by atoms with Gasteiger partial charge in [-0.2, -0.15) is 0 Å². The number of nitro groups is 1. The van der Waals surface area contributed by atoms with Crippen LogP contribution in [0.25, 0.3) is 11.0 Å². The summed E-state index contributed by atoms with van der Waals surface area (Å²) in [5, 5.41) is 23.3. The lowest BCUT2D eigenvalue weighted by atomic mass is 10.1. The van der Waals surface area contributed by atoms with E-state index < -0.39 is 16.6 Å². The number of amides is 1. The molecule has 1 aromatic carbocycles. The Hall–Kier alpha value is -3.21. The lowest BCUT2D eigenvalue weighted by Gasteiger charge is -2.33. The van der Waals surface area contributed by atoms with Crippen molar-refractivity contribution in [3.63, 3.8) is 0 Å². The molecule has 2 rings (SSSR count). The third kappa shape index (κ3) is 5.16. The molecule has 0 spiro atoms. The molecule has 1 aromatic heterocycles. The zero-order valence-corrected chi connectivity index (χ0v) is 16.1. The first-order chi connectivity index (χ1) is 13.1. The molecule has 0 aliphatic heterocycles. The SMILES string of the molecule is CC(C)(C)N(CCCCNc1nc2ccc([N+](=O)[O-])cc2nc1NN)C(=O)O. The van der Waals surface area contributed by atoms with Crippen molar-refractivity contribution >= 4 is 34.4 Å². The first-order valence-corrected chi connectivity index (χ1v) is 8.80. The van der Waals surface area contributed by atoms with Crippen LogP contribution in [-0.4, -0.2) is 49.6 Å². The van der Waals surface area contributed by atoms with Gasteiger partial charge in [-0.25, -0.2) is 20.6 Å². The lowest BCUT2D eigenvalue weighted by molar-refractivity contribution is -0.384. The molecule has 0 bridgehead atoms. The molecule has 28 heavy (non-hydrogen) atoms. The largest absolute Gasteiger partial charge is 0.465 e. The Morgan fingerprint density at radius 3 is 2.50 bits per heavy atom. The molecule has 1 amide bonds. The van der Waals surface area contributed by atoms with Crippen LogP contribution in [0, 0.1) is 10.1 Å². The Balaban J connectivity index is 2.01. The van der Waals surface area contributed by atoms with Gasteiger partial charge in [-0.05, 0) is 39.7 Å². The number of nitrogen functional groups attached to an aromatic ring is 1. The van der Waals surface area contributed by atoms with Gasteiger partial charge in [-0.1, -0.05) is 0 Å². The van der Waals surface area contributed by atoms with Crippen molar-refractivity contribution in [2.24, 2.45) is 5.84 Å². The number of nitrogens with zero attached hydrogens (tertiary/aromatic N) is 4. The number of carbonyl (C=O) groups is 1. The third-order valence-corrected chi connectivity index (χ3v) is 4.14. The molecule has 1 heterocycles. The molecule has 0 saturated heterocycles. The van der Waals surface area contributed by atoms with E-state index in [4.69, 9.17) is 5.84 Å². The summed E-state index contributed by atoms with van der Waals surface area (Å²) >= 11 is 0. The fraction of sp³-hybridized carbons (Fsp3) is 0.471. The molecule has 0 aliphatic rings. The first-order valence-electron chi connectivity index (χ1n) is 8.80. The average molecular weight is 391 g/mol. The number of aromatic nitrogens is 2. The standard InChI is InChI=1S/C17H25N7O4/c1-17(2,3)23(16(25)26)9-5-4-8-19-14-15(22-18)21-13-10-11(24(27)28)6-7-12(13)20-14/h6-7,10H,4-5,8-9,18H2,1-3H3,(H,19,20)(H,21,22)(H,25,26). The van der Waals surface area contributed by atoms with Gasteiger partial charge >= 0.3 is 6.09 Å². The van der Waals surface area contributed by atoms with E-state index in [1.807, 2.05) is 20.8 Å². The highest BCUT2D eigenvalue weighted by atomic mass is 16.6. The van der Waals surface area contributed by atoms with Crippen molar-refractivity contribution < 1.29 is 14.8 Å². The minimum atomic E-state index is -0.940. The molecule has 0 aliphatic carbocycles. The van der Waals surface area contributed by atoms with Crippen LogP contribution in [0.2, 0.25) is 0 Å². The van der Waals surface area contributed by atoms with E-state index in [0.717, 1.165) is 0 Å². The second kappa shape index (κ2) is 8.65. The van der Waals surface area contributed by atoms with E-state index in [2.05, 4.69) is 20.7 Å². The maximum Gasteiger partial charge on any atom is 0.407 e. The minimum Gasteiger partial charge on any atom is -0.465 e. The molecule has 0 radical (unpaired) electrons. The van der Waals surface area contributed by atoms with Crippen LogP contribution in [-0.2, 0) is 0 Å². The quantitative estimate of drug-likeness (QED) is 0.229. The monoisotopic (exact) mass is 391 g/mol. The molecule has 0 fully saturated rings. The molecule has 152 valence electrons. The van der Waals surface area contributed by atoms with Crippen LogP contribution in [0.3, 0.4) is 0 Å². The van der Waals surface area contributed by atoms with E-state index in [1.54, 1.807) is 0 Å². The number of non-ortho nitro benzene ring substituents is 1. The maximum absolute atomic E-state index is 11.3. The molecule has 5 N–H and O–H groups in total. The van der Waals surface area contributed by atoms with E-state index in [1.165, 1.54) is 23.1 Å². The van der Waals surface area contributed by atoms with E-state index >= 15 is 0 Å². The predicted molar refractivity (Wildman–Crippen MR) is 106 cm³/mol. The topological polar surface area (TPSA) is 160 Å². The van der Waals surface area contributed by atoms with E-state index in [-0.39, 0.29) is 11.5 Å².